The lowest BCUT2D eigenvalue weighted by Gasteiger charge is -2.14. The van der Waals surface area contributed by atoms with Crippen molar-refractivity contribution in [2.75, 3.05) is 10.6 Å². The lowest BCUT2D eigenvalue weighted by Crippen LogP contribution is -2.07. The summed E-state index contributed by atoms with van der Waals surface area (Å²) in [6, 6.07) is 10.3. The molecular weight excluding hydrogens is 312 g/mol. The van der Waals surface area contributed by atoms with Gasteiger partial charge in [0, 0.05) is 24.6 Å². The van der Waals surface area contributed by atoms with Gasteiger partial charge in [0.25, 0.3) is 0 Å². The van der Waals surface area contributed by atoms with E-state index in [-0.39, 0.29) is 0 Å². The third-order valence-electron chi connectivity index (χ3n) is 3.99. The smallest absolute Gasteiger partial charge is 0.249 e. The summed E-state index contributed by atoms with van der Waals surface area (Å²) in [5.74, 6) is 1.17. The van der Waals surface area contributed by atoms with Crippen molar-refractivity contribution in [1.29, 1.82) is 0 Å². The molecule has 2 N–H and O–H groups in total. The fourth-order valence-electron chi connectivity index (χ4n) is 2.65. The number of benzene rings is 1. The lowest BCUT2D eigenvalue weighted by molar-refractivity contribution is 0.960. The second-order valence-electron chi connectivity index (χ2n) is 5.66. The molecule has 0 saturated carbocycles. The molecule has 0 aliphatic heterocycles. The number of rotatable bonds is 7. The van der Waals surface area contributed by atoms with Crippen molar-refractivity contribution < 1.29 is 0 Å². The molecule has 2 heterocycles. The van der Waals surface area contributed by atoms with Crippen LogP contribution in [0.5, 0.6) is 0 Å². The van der Waals surface area contributed by atoms with Gasteiger partial charge < -0.3 is 10.6 Å². The van der Waals surface area contributed by atoms with Gasteiger partial charge in [0.2, 0.25) is 5.95 Å². The summed E-state index contributed by atoms with van der Waals surface area (Å²) in [6.07, 6.45) is 7.10. The van der Waals surface area contributed by atoms with E-state index >= 15 is 0 Å². The molecule has 0 radical (unpaired) electrons. The molecule has 2 aromatic heterocycles. The molecule has 0 fully saturated rings. The number of hydrogen-bond acceptors (Lipinski definition) is 6. The van der Waals surface area contributed by atoms with Crippen LogP contribution in [0.25, 0.3) is 0 Å². The molecule has 0 amide bonds. The van der Waals surface area contributed by atoms with Crippen molar-refractivity contribution in [2.24, 2.45) is 0 Å². The van der Waals surface area contributed by atoms with E-state index in [0.29, 0.717) is 18.3 Å². The maximum atomic E-state index is 4.52. The normalized spacial score (nSPS) is 10.5. The predicted octanol–water partition coefficient (Wildman–Crippen LogP) is 3.75. The Morgan fingerprint density at radius 3 is 2.44 bits per heavy atom. The minimum Gasteiger partial charge on any atom is -0.364 e. The van der Waals surface area contributed by atoms with Crippen LogP contribution in [0, 0.1) is 0 Å². The quantitative estimate of drug-likeness (QED) is 0.685. The number of nitrogens with zero attached hydrogens (tertiary/aromatic N) is 4. The van der Waals surface area contributed by atoms with Crippen LogP contribution in [0.1, 0.15) is 30.5 Å². The maximum absolute atomic E-state index is 4.52. The largest absolute Gasteiger partial charge is 0.364 e. The first-order valence-electron chi connectivity index (χ1n) is 8.50. The number of para-hydroxylation sites is 1. The minimum atomic E-state index is 0.492. The second kappa shape index (κ2) is 8.19. The SMILES string of the molecule is CCc1cccc(CC)c1Nc1nncc(NCc2cccnc2)n1. The summed E-state index contributed by atoms with van der Waals surface area (Å²) in [6.45, 7) is 4.92. The van der Waals surface area contributed by atoms with Crippen LogP contribution in [0.15, 0.2) is 48.9 Å². The topological polar surface area (TPSA) is 75.6 Å². The van der Waals surface area contributed by atoms with E-state index in [9.17, 15) is 0 Å². The maximum Gasteiger partial charge on any atom is 0.249 e. The van der Waals surface area contributed by atoms with E-state index in [0.717, 1.165) is 24.1 Å². The highest BCUT2D eigenvalue weighted by Gasteiger charge is 2.09. The van der Waals surface area contributed by atoms with Crippen molar-refractivity contribution in [2.45, 2.75) is 33.2 Å². The predicted molar refractivity (Wildman–Crippen MR) is 99.9 cm³/mol. The van der Waals surface area contributed by atoms with E-state index < -0.39 is 0 Å². The zero-order valence-corrected chi connectivity index (χ0v) is 14.5. The Bertz CT molecular complexity index is 797. The highest BCUT2D eigenvalue weighted by atomic mass is 15.3. The Morgan fingerprint density at radius 2 is 1.76 bits per heavy atom. The summed E-state index contributed by atoms with van der Waals surface area (Å²) < 4.78 is 0. The molecule has 0 spiro atoms. The van der Waals surface area contributed by atoms with Gasteiger partial charge in [-0.1, -0.05) is 38.1 Å². The van der Waals surface area contributed by atoms with E-state index in [1.807, 2.05) is 18.3 Å². The Labute approximate surface area is 147 Å². The molecule has 0 aliphatic rings. The van der Waals surface area contributed by atoms with Crippen molar-refractivity contribution >= 4 is 17.5 Å². The van der Waals surface area contributed by atoms with Gasteiger partial charge in [-0.2, -0.15) is 10.1 Å². The van der Waals surface area contributed by atoms with E-state index in [1.54, 1.807) is 12.4 Å². The molecule has 0 atom stereocenters. The van der Waals surface area contributed by atoms with Crippen LogP contribution in [0.4, 0.5) is 17.5 Å². The minimum absolute atomic E-state index is 0.492. The summed E-state index contributed by atoms with van der Waals surface area (Å²) in [5.41, 5.74) is 4.66. The Hall–Kier alpha value is -3.02. The number of aryl methyl sites for hydroxylation is 2. The number of hydrogen-bond donors (Lipinski definition) is 2. The van der Waals surface area contributed by atoms with E-state index in [1.165, 1.54) is 11.1 Å². The van der Waals surface area contributed by atoms with Crippen molar-refractivity contribution in [3.63, 3.8) is 0 Å². The van der Waals surface area contributed by atoms with Crippen LogP contribution in [0.3, 0.4) is 0 Å². The number of anilines is 3. The summed E-state index contributed by atoms with van der Waals surface area (Å²) in [7, 11) is 0. The highest BCUT2D eigenvalue weighted by molar-refractivity contribution is 5.64. The molecular formula is C19H22N6. The van der Waals surface area contributed by atoms with Crippen LogP contribution in [-0.4, -0.2) is 20.2 Å². The fraction of sp³-hybridized carbons (Fsp3) is 0.263. The van der Waals surface area contributed by atoms with Gasteiger partial charge in [-0.3, -0.25) is 4.98 Å². The Balaban J connectivity index is 1.76. The fourth-order valence-corrected chi connectivity index (χ4v) is 2.65. The van der Waals surface area contributed by atoms with Gasteiger partial charge in [-0.25, -0.2) is 0 Å². The van der Waals surface area contributed by atoms with Crippen LogP contribution in [0.2, 0.25) is 0 Å². The first-order chi connectivity index (χ1) is 12.3. The van der Waals surface area contributed by atoms with Crippen LogP contribution < -0.4 is 10.6 Å². The number of pyridine rings is 1. The molecule has 3 rings (SSSR count). The van der Waals surface area contributed by atoms with E-state index in [2.05, 4.69) is 62.8 Å². The van der Waals surface area contributed by atoms with E-state index in [4.69, 9.17) is 0 Å². The van der Waals surface area contributed by atoms with Gasteiger partial charge in [0.05, 0.1) is 6.20 Å². The second-order valence-corrected chi connectivity index (χ2v) is 5.66. The van der Waals surface area contributed by atoms with Gasteiger partial charge in [-0.15, -0.1) is 5.10 Å². The zero-order chi connectivity index (χ0) is 17.5. The van der Waals surface area contributed by atoms with Crippen molar-refractivity contribution in [1.82, 2.24) is 20.2 Å². The molecule has 128 valence electrons. The highest BCUT2D eigenvalue weighted by Crippen LogP contribution is 2.25. The average molecular weight is 334 g/mol. The first kappa shape index (κ1) is 16.8. The van der Waals surface area contributed by atoms with Gasteiger partial charge in [0.15, 0.2) is 5.82 Å². The average Bonchev–Trinajstić information content (AvgIpc) is 2.67. The van der Waals surface area contributed by atoms with Crippen LogP contribution in [-0.2, 0) is 19.4 Å². The third-order valence-corrected chi connectivity index (χ3v) is 3.99. The van der Waals surface area contributed by atoms with Gasteiger partial charge in [0.1, 0.15) is 0 Å². The van der Waals surface area contributed by atoms with Gasteiger partial charge >= 0.3 is 0 Å². The lowest BCUT2D eigenvalue weighted by atomic mass is 10.0. The summed E-state index contributed by atoms with van der Waals surface area (Å²) in [5, 5.41) is 14.8. The Kier molecular flexibility index (Phi) is 5.51. The molecule has 0 unspecified atom stereocenters. The molecule has 0 aliphatic carbocycles. The number of aromatic nitrogens is 4. The number of nitrogens with one attached hydrogen (secondary N) is 2. The molecule has 25 heavy (non-hydrogen) atoms. The molecule has 3 aromatic rings. The monoisotopic (exact) mass is 334 g/mol. The summed E-state index contributed by atoms with van der Waals surface area (Å²) >= 11 is 0. The standard InChI is InChI=1S/C19H22N6/c1-3-15-8-5-9-16(4-2)18(15)24-19-23-17(13-22-25-19)21-12-14-7-6-10-20-11-14/h5-11,13H,3-4,12H2,1-2H3,(H2,21,23,24,25). The molecule has 6 nitrogen and oxygen atoms in total. The molecule has 0 bridgehead atoms. The van der Waals surface area contributed by atoms with Crippen molar-refractivity contribution in [3.05, 3.63) is 65.6 Å². The van der Waals surface area contributed by atoms with Crippen LogP contribution >= 0.6 is 0 Å². The first-order valence-corrected chi connectivity index (χ1v) is 8.50. The molecule has 1 aromatic carbocycles. The van der Waals surface area contributed by atoms with Crippen molar-refractivity contribution in [3.8, 4) is 0 Å². The third kappa shape index (κ3) is 4.29. The molecule has 6 heteroatoms. The Morgan fingerprint density at radius 1 is 0.960 bits per heavy atom. The zero-order valence-electron chi connectivity index (χ0n) is 14.5. The molecule has 0 saturated heterocycles. The summed E-state index contributed by atoms with van der Waals surface area (Å²) in [4.78, 5) is 8.63. The van der Waals surface area contributed by atoms with Gasteiger partial charge in [-0.05, 0) is 35.6 Å².